The smallest absolute Gasteiger partial charge is 0.197 e. The monoisotopic (exact) mass is 248 g/mol. The van der Waals surface area contributed by atoms with Crippen molar-refractivity contribution < 1.29 is 4.79 Å². The van der Waals surface area contributed by atoms with E-state index in [9.17, 15) is 4.79 Å². The maximum Gasteiger partial charge on any atom is 0.197 e. The number of ketones is 1. The van der Waals surface area contributed by atoms with Crippen LogP contribution in [0.2, 0.25) is 0 Å². The average molecular weight is 249 g/mol. The van der Waals surface area contributed by atoms with Crippen molar-refractivity contribution in [3.63, 3.8) is 0 Å². The largest absolute Gasteiger partial charge is 0.288 e. The average Bonchev–Trinajstić information content (AvgIpc) is 2.83. The van der Waals surface area contributed by atoms with Crippen LogP contribution < -0.4 is 0 Å². The van der Waals surface area contributed by atoms with Gasteiger partial charge >= 0.3 is 0 Å². The summed E-state index contributed by atoms with van der Waals surface area (Å²) in [6.07, 6.45) is 1.46. The molecule has 0 saturated heterocycles. The third-order valence-electron chi connectivity index (χ3n) is 2.07. The Balaban J connectivity index is 2.23. The van der Waals surface area contributed by atoms with Crippen molar-refractivity contribution in [1.29, 1.82) is 0 Å². The van der Waals surface area contributed by atoms with Gasteiger partial charge in [-0.25, -0.2) is 0 Å². The molecule has 0 amide bonds. The lowest BCUT2D eigenvalue weighted by Gasteiger charge is -1.97. The second kappa shape index (κ2) is 5.10. The number of allylic oxidation sites excluding steroid dienone is 1. The summed E-state index contributed by atoms with van der Waals surface area (Å²) in [5.74, 6) is -0.0520. The first-order valence-corrected chi connectivity index (χ1v) is 6.03. The molecule has 80 valence electrons. The van der Waals surface area contributed by atoms with Crippen LogP contribution in [0, 0.1) is 0 Å². The van der Waals surface area contributed by atoms with E-state index in [2.05, 4.69) is 0 Å². The van der Waals surface area contributed by atoms with Crippen molar-refractivity contribution in [1.82, 2.24) is 0 Å². The SMILES string of the molecule is O=C(/C=C(\Cl)c1ccccc1)c1cccs1. The Morgan fingerprint density at radius 1 is 1.12 bits per heavy atom. The van der Waals surface area contributed by atoms with Crippen molar-refractivity contribution in [2.45, 2.75) is 0 Å². The molecule has 1 nitrogen and oxygen atoms in total. The van der Waals surface area contributed by atoms with Crippen LogP contribution in [-0.4, -0.2) is 5.78 Å². The van der Waals surface area contributed by atoms with Gasteiger partial charge in [0.15, 0.2) is 5.78 Å². The quantitative estimate of drug-likeness (QED) is 0.587. The third kappa shape index (κ3) is 2.60. The molecule has 0 unspecified atom stereocenters. The Hall–Kier alpha value is -1.38. The summed E-state index contributed by atoms with van der Waals surface area (Å²) >= 11 is 7.48. The highest BCUT2D eigenvalue weighted by molar-refractivity contribution is 7.12. The van der Waals surface area contributed by atoms with Gasteiger partial charge in [-0.05, 0) is 17.0 Å². The fourth-order valence-corrected chi connectivity index (χ4v) is 2.15. The molecular weight excluding hydrogens is 240 g/mol. The zero-order valence-corrected chi connectivity index (χ0v) is 9.96. The van der Waals surface area contributed by atoms with E-state index < -0.39 is 0 Å². The molecule has 0 aliphatic rings. The van der Waals surface area contributed by atoms with Crippen LogP contribution in [-0.2, 0) is 0 Å². The molecule has 1 aromatic carbocycles. The van der Waals surface area contributed by atoms with E-state index in [1.165, 1.54) is 17.4 Å². The van der Waals surface area contributed by atoms with Gasteiger partial charge in [0.1, 0.15) is 0 Å². The van der Waals surface area contributed by atoms with Gasteiger partial charge in [-0.15, -0.1) is 11.3 Å². The van der Waals surface area contributed by atoms with Gasteiger partial charge in [-0.1, -0.05) is 48.0 Å². The molecule has 0 fully saturated rings. The molecular formula is C13H9ClOS. The lowest BCUT2D eigenvalue weighted by Crippen LogP contribution is -1.90. The summed E-state index contributed by atoms with van der Waals surface area (Å²) in [5.41, 5.74) is 0.856. The molecule has 0 saturated carbocycles. The van der Waals surface area contributed by atoms with Gasteiger partial charge in [0.2, 0.25) is 0 Å². The first-order valence-electron chi connectivity index (χ1n) is 4.78. The topological polar surface area (TPSA) is 17.1 Å². The normalized spacial score (nSPS) is 11.4. The summed E-state index contributed by atoms with van der Waals surface area (Å²) in [6, 6.07) is 13.1. The molecule has 0 N–H and O–H groups in total. The molecule has 0 aliphatic heterocycles. The van der Waals surface area contributed by atoms with E-state index >= 15 is 0 Å². The predicted molar refractivity (Wildman–Crippen MR) is 68.9 cm³/mol. The number of hydrogen-bond acceptors (Lipinski definition) is 2. The highest BCUT2D eigenvalue weighted by atomic mass is 35.5. The van der Waals surface area contributed by atoms with Crippen molar-refractivity contribution in [2.75, 3.05) is 0 Å². The molecule has 16 heavy (non-hydrogen) atoms. The number of thiophene rings is 1. The van der Waals surface area contributed by atoms with Crippen LogP contribution in [0.1, 0.15) is 15.2 Å². The highest BCUT2D eigenvalue weighted by Gasteiger charge is 2.05. The fraction of sp³-hybridized carbons (Fsp3) is 0. The van der Waals surface area contributed by atoms with Crippen LogP contribution in [0.25, 0.3) is 5.03 Å². The minimum Gasteiger partial charge on any atom is -0.288 e. The molecule has 0 bridgehead atoms. The maximum atomic E-state index is 11.7. The molecule has 1 aromatic heterocycles. The van der Waals surface area contributed by atoms with E-state index in [1.54, 1.807) is 6.07 Å². The van der Waals surface area contributed by atoms with Gasteiger partial charge < -0.3 is 0 Å². The van der Waals surface area contributed by atoms with Crippen LogP contribution in [0.5, 0.6) is 0 Å². The number of hydrogen-bond donors (Lipinski definition) is 0. The van der Waals surface area contributed by atoms with Crippen molar-refractivity contribution in [2.24, 2.45) is 0 Å². The Kier molecular flexibility index (Phi) is 3.54. The number of carbonyl (C=O) groups excluding carboxylic acids is 1. The number of rotatable bonds is 3. The van der Waals surface area contributed by atoms with E-state index in [1.807, 2.05) is 41.8 Å². The molecule has 0 atom stereocenters. The van der Waals surface area contributed by atoms with Gasteiger partial charge in [-0.2, -0.15) is 0 Å². The Morgan fingerprint density at radius 2 is 1.88 bits per heavy atom. The van der Waals surface area contributed by atoms with E-state index in [0.29, 0.717) is 9.91 Å². The van der Waals surface area contributed by atoms with Crippen LogP contribution in [0.4, 0.5) is 0 Å². The predicted octanol–water partition coefficient (Wildman–Crippen LogP) is 4.21. The van der Waals surface area contributed by atoms with Gasteiger partial charge in [-0.3, -0.25) is 4.79 Å². The molecule has 0 aliphatic carbocycles. The molecule has 3 heteroatoms. The van der Waals surface area contributed by atoms with Gasteiger partial charge in [0, 0.05) is 6.08 Å². The standard InChI is InChI=1S/C13H9ClOS/c14-11(10-5-2-1-3-6-10)9-12(15)13-7-4-8-16-13/h1-9H/b11-9-. The van der Waals surface area contributed by atoms with Crippen molar-refractivity contribution in [3.8, 4) is 0 Å². The van der Waals surface area contributed by atoms with Crippen LogP contribution in [0.3, 0.4) is 0 Å². The second-order valence-electron chi connectivity index (χ2n) is 3.20. The van der Waals surface area contributed by atoms with E-state index in [-0.39, 0.29) is 5.78 Å². The Morgan fingerprint density at radius 3 is 2.50 bits per heavy atom. The minimum atomic E-state index is -0.0520. The second-order valence-corrected chi connectivity index (χ2v) is 4.55. The molecule has 2 rings (SSSR count). The fourth-order valence-electron chi connectivity index (χ4n) is 1.29. The summed E-state index contributed by atoms with van der Waals surface area (Å²) < 4.78 is 0. The molecule has 1 heterocycles. The maximum absolute atomic E-state index is 11.7. The first kappa shape index (κ1) is 11.1. The zero-order chi connectivity index (χ0) is 11.4. The lowest BCUT2D eigenvalue weighted by molar-refractivity contribution is 0.105. The Bertz CT molecular complexity index is 500. The molecule has 2 aromatic rings. The van der Waals surface area contributed by atoms with Gasteiger partial charge in [0.25, 0.3) is 0 Å². The lowest BCUT2D eigenvalue weighted by atomic mass is 10.2. The summed E-state index contributed by atoms with van der Waals surface area (Å²) in [7, 11) is 0. The summed E-state index contributed by atoms with van der Waals surface area (Å²) in [5, 5.41) is 2.34. The minimum absolute atomic E-state index is 0.0520. The van der Waals surface area contributed by atoms with Crippen LogP contribution in [0.15, 0.2) is 53.9 Å². The van der Waals surface area contributed by atoms with Crippen LogP contribution >= 0.6 is 22.9 Å². The molecule has 0 spiro atoms. The van der Waals surface area contributed by atoms with Crippen molar-refractivity contribution in [3.05, 3.63) is 64.4 Å². The molecule has 0 radical (unpaired) electrons. The highest BCUT2D eigenvalue weighted by Crippen LogP contribution is 2.20. The zero-order valence-electron chi connectivity index (χ0n) is 8.39. The number of benzene rings is 1. The first-order chi connectivity index (χ1) is 7.77. The third-order valence-corrected chi connectivity index (χ3v) is 3.28. The van der Waals surface area contributed by atoms with E-state index in [0.717, 1.165) is 5.56 Å². The Labute approximate surface area is 103 Å². The van der Waals surface area contributed by atoms with Gasteiger partial charge in [0.05, 0.1) is 9.91 Å². The summed E-state index contributed by atoms with van der Waals surface area (Å²) in [6.45, 7) is 0. The summed E-state index contributed by atoms with van der Waals surface area (Å²) in [4.78, 5) is 12.4. The van der Waals surface area contributed by atoms with Crippen molar-refractivity contribution >= 4 is 33.8 Å². The number of halogens is 1. The number of carbonyl (C=O) groups is 1. The van der Waals surface area contributed by atoms with E-state index in [4.69, 9.17) is 11.6 Å².